The van der Waals surface area contributed by atoms with Gasteiger partial charge >= 0.3 is 0 Å². The molecule has 2 aliphatic carbocycles. The average Bonchev–Trinajstić information content (AvgIpc) is 3.42. The van der Waals surface area contributed by atoms with Crippen LogP contribution < -0.4 is 16.0 Å². The molecular weight excluding hydrogens is 428 g/mol. The number of ether oxygens (including phenoxy) is 1. The van der Waals surface area contributed by atoms with Crippen LogP contribution in [0, 0.1) is 5.92 Å². The number of rotatable bonds is 6. The molecule has 1 aromatic heterocycles. The number of allylic oxidation sites excluding steroid dienone is 2. The normalized spacial score (nSPS) is 20.6. The van der Waals surface area contributed by atoms with E-state index in [9.17, 15) is 4.79 Å². The molecule has 1 amide bonds. The zero-order valence-corrected chi connectivity index (χ0v) is 19.9. The number of methoxy groups -OCH3 is 1. The van der Waals surface area contributed by atoms with Crippen LogP contribution in [0.4, 0.5) is 17.3 Å². The number of carbonyl (C=O) groups is 1. The molecule has 3 N–H and O–H groups in total. The molecule has 1 saturated carbocycles. The predicted molar refractivity (Wildman–Crippen MR) is 133 cm³/mol. The summed E-state index contributed by atoms with van der Waals surface area (Å²) < 4.78 is 5.78. The van der Waals surface area contributed by atoms with Gasteiger partial charge in [-0.05, 0) is 61.1 Å². The SMILES string of the molecule is COC1=CCc2cnc(Nc3ccc(N4CCN(C(=O)CN)CC4)cc3)nc2C1C1CCCC1. The number of amides is 1. The van der Waals surface area contributed by atoms with Crippen LogP contribution in [0.25, 0.3) is 0 Å². The molecule has 0 bridgehead atoms. The number of aromatic nitrogens is 2. The number of benzene rings is 1. The van der Waals surface area contributed by atoms with E-state index in [2.05, 4.69) is 45.5 Å². The first-order valence-electron chi connectivity index (χ1n) is 12.4. The number of hydrogen-bond donors (Lipinski definition) is 2. The molecule has 2 heterocycles. The van der Waals surface area contributed by atoms with Crippen molar-refractivity contribution in [3.05, 3.63) is 53.6 Å². The van der Waals surface area contributed by atoms with Crippen LogP contribution >= 0.6 is 0 Å². The van der Waals surface area contributed by atoms with Crippen molar-refractivity contribution in [3.8, 4) is 0 Å². The standard InChI is InChI=1S/C26H34N6O2/c1-34-22-11-6-19-17-28-26(30-25(19)24(22)18-4-2-3-5-18)29-20-7-9-21(10-8-20)31-12-14-32(15-13-31)23(33)16-27/h7-11,17-18,24H,2-6,12-16,27H2,1H3,(H,28,29,30). The van der Waals surface area contributed by atoms with Crippen molar-refractivity contribution in [2.24, 2.45) is 11.7 Å². The van der Waals surface area contributed by atoms with Crippen molar-refractivity contribution in [2.45, 2.75) is 38.0 Å². The average molecular weight is 463 g/mol. The van der Waals surface area contributed by atoms with Gasteiger partial charge in [0, 0.05) is 43.8 Å². The van der Waals surface area contributed by atoms with E-state index < -0.39 is 0 Å². The quantitative estimate of drug-likeness (QED) is 0.681. The molecule has 1 saturated heterocycles. The third-order valence-corrected chi connectivity index (χ3v) is 7.42. The smallest absolute Gasteiger partial charge is 0.236 e. The first-order chi connectivity index (χ1) is 16.7. The van der Waals surface area contributed by atoms with Crippen LogP contribution in [0.2, 0.25) is 0 Å². The van der Waals surface area contributed by atoms with Crippen LogP contribution in [0.5, 0.6) is 0 Å². The third kappa shape index (κ3) is 4.59. The van der Waals surface area contributed by atoms with E-state index in [1.165, 1.54) is 31.2 Å². The molecule has 2 fully saturated rings. The first kappa shape index (κ1) is 22.7. The van der Waals surface area contributed by atoms with E-state index in [4.69, 9.17) is 15.5 Å². The Morgan fingerprint density at radius 3 is 2.56 bits per heavy atom. The number of piperazine rings is 1. The fourth-order valence-electron chi connectivity index (χ4n) is 5.56. The van der Waals surface area contributed by atoms with Crippen LogP contribution in [-0.4, -0.2) is 60.6 Å². The summed E-state index contributed by atoms with van der Waals surface area (Å²) in [7, 11) is 1.77. The zero-order valence-electron chi connectivity index (χ0n) is 19.9. The van der Waals surface area contributed by atoms with Crippen LogP contribution in [-0.2, 0) is 16.0 Å². The number of nitrogens with one attached hydrogen (secondary N) is 1. The Morgan fingerprint density at radius 2 is 1.88 bits per heavy atom. The first-order valence-corrected chi connectivity index (χ1v) is 12.4. The van der Waals surface area contributed by atoms with E-state index in [1.54, 1.807) is 7.11 Å². The highest BCUT2D eigenvalue weighted by Crippen LogP contribution is 2.44. The summed E-state index contributed by atoms with van der Waals surface area (Å²) in [6.07, 6.45) is 10.0. The Balaban J connectivity index is 1.28. The molecule has 1 aliphatic heterocycles. The third-order valence-electron chi connectivity index (χ3n) is 7.42. The maximum atomic E-state index is 11.8. The lowest BCUT2D eigenvalue weighted by Crippen LogP contribution is -2.50. The molecule has 34 heavy (non-hydrogen) atoms. The maximum absolute atomic E-state index is 11.8. The maximum Gasteiger partial charge on any atom is 0.236 e. The molecule has 3 aliphatic rings. The summed E-state index contributed by atoms with van der Waals surface area (Å²) in [5, 5.41) is 3.39. The van der Waals surface area contributed by atoms with Gasteiger partial charge in [-0.1, -0.05) is 12.8 Å². The number of anilines is 3. The highest BCUT2D eigenvalue weighted by atomic mass is 16.5. The number of nitrogens with two attached hydrogens (primary N) is 1. The van der Waals surface area contributed by atoms with Gasteiger partial charge in [0.15, 0.2) is 0 Å². The van der Waals surface area contributed by atoms with Gasteiger partial charge in [0.1, 0.15) is 5.76 Å². The van der Waals surface area contributed by atoms with Gasteiger partial charge in [0.2, 0.25) is 11.9 Å². The minimum absolute atomic E-state index is 0.0209. The number of carbonyl (C=O) groups excluding carboxylic acids is 1. The van der Waals surface area contributed by atoms with Gasteiger partial charge in [-0.25, -0.2) is 9.97 Å². The molecule has 8 nitrogen and oxygen atoms in total. The Hall–Kier alpha value is -3.13. The number of hydrogen-bond acceptors (Lipinski definition) is 7. The van der Waals surface area contributed by atoms with Gasteiger partial charge in [-0.3, -0.25) is 4.79 Å². The summed E-state index contributed by atoms with van der Waals surface area (Å²) in [6, 6.07) is 8.33. The van der Waals surface area contributed by atoms with Gasteiger partial charge in [0.05, 0.1) is 25.3 Å². The summed E-state index contributed by atoms with van der Waals surface area (Å²) in [6.45, 7) is 3.11. The molecule has 180 valence electrons. The fraction of sp³-hybridized carbons (Fsp3) is 0.500. The largest absolute Gasteiger partial charge is 0.501 e. The monoisotopic (exact) mass is 462 g/mol. The van der Waals surface area contributed by atoms with Crippen molar-refractivity contribution in [2.75, 3.05) is 50.1 Å². The second-order valence-electron chi connectivity index (χ2n) is 9.38. The second kappa shape index (κ2) is 10.0. The second-order valence-corrected chi connectivity index (χ2v) is 9.38. The highest BCUT2D eigenvalue weighted by molar-refractivity contribution is 5.78. The predicted octanol–water partition coefficient (Wildman–Crippen LogP) is 3.19. The summed E-state index contributed by atoms with van der Waals surface area (Å²) >= 11 is 0. The Bertz CT molecular complexity index is 1040. The van der Waals surface area contributed by atoms with Crippen molar-refractivity contribution >= 4 is 23.2 Å². The number of nitrogens with zero attached hydrogens (tertiary/aromatic N) is 4. The molecule has 1 aromatic carbocycles. The summed E-state index contributed by atoms with van der Waals surface area (Å²) in [5.74, 6) is 2.52. The molecule has 8 heteroatoms. The molecule has 5 rings (SSSR count). The van der Waals surface area contributed by atoms with Gasteiger partial charge in [-0.15, -0.1) is 0 Å². The lowest BCUT2D eigenvalue weighted by molar-refractivity contribution is -0.129. The van der Waals surface area contributed by atoms with Gasteiger partial charge in [-0.2, -0.15) is 0 Å². The van der Waals surface area contributed by atoms with Crippen LogP contribution in [0.15, 0.2) is 42.3 Å². The number of fused-ring (bicyclic) bond motifs is 1. The Morgan fingerprint density at radius 1 is 1.15 bits per heavy atom. The fourth-order valence-corrected chi connectivity index (χ4v) is 5.56. The van der Waals surface area contributed by atoms with Crippen molar-refractivity contribution < 1.29 is 9.53 Å². The molecule has 1 unspecified atom stereocenters. The molecule has 1 atom stereocenters. The zero-order chi connectivity index (χ0) is 23.5. The van der Waals surface area contributed by atoms with E-state index in [0.29, 0.717) is 25.0 Å². The minimum atomic E-state index is 0.0209. The minimum Gasteiger partial charge on any atom is -0.501 e. The van der Waals surface area contributed by atoms with E-state index in [0.717, 1.165) is 42.3 Å². The van der Waals surface area contributed by atoms with E-state index >= 15 is 0 Å². The molecule has 0 radical (unpaired) electrons. The van der Waals surface area contributed by atoms with Crippen molar-refractivity contribution in [1.29, 1.82) is 0 Å². The Labute approximate surface area is 201 Å². The van der Waals surface area contributed by atoms with Gasteiger partial charge in [0.25, 0.3) is 0 Å². The van der Waals surface area contributed by atoms with Crippen LogP contribution in [0.1, 0.15) is 42.9 Å². The van der Waals surface area contributed by atoms with Crippen molar-refractivity contribution in [3.63, 3.8) is 0 Å². The summed E-state index contributed by atoms with van der Waals surface area (Å²) in [5.41, 5.74) is 9.91. The van der Waals surface area contributed by atoms with Gasteiger partial charge < -0.3 is 25.6 Å². The lowest BCUT2D eigenvalue weighted by atomic mass is 9.81. The Kier molecular flexibility index (Phi) is 6.67. The van der Waals surface area contributed by atoms with Crippen LogP contribution in [0.3, 0.4) is 0 Å². The highest BCUT2D eigenvalue weighted by Gasteiger charge is 2.35. The van der Waals surface area contributed by atoms with E-state index in [-0.39, 0.29) is 18.4 Å². The van der Waals surface area contributed by atoms with Crippen molar-refractivity contribution in [1.82, 2.24) is 14.9 Å². The molecular formula is C26H34N6O2. The topological polar surface area (TPSA) is 96.6 Å². The lowest BCUT2D eigenvalue weighted by Gasteiger charge is -2.36. The van der Waals surface area contributed by atoms with E-state index in [1.807, 2.05) is 11.1 Å². The molecule has 0 spiro atoms. The summed E-state index contributed by atoms with van der Waals surface area (Å²) in [4.78, 5) is 25.5. The molecule has 2 aromatic rings.